The van der Waals surface area contributed by atoms with Gasteiger partial charge in [-0.2, -0.15) is 0 Å². The predicted molar refractivity (Wildman–Crippen MR) is 105 cm³/mol. The molecule has 2 aliphatic carbocycles. The van der Waals surface area contributed by atoms with Crippen molar-refractivity contribution in [2.75, 3.05) is 11.6 Å². The van der Waals surface area contributed by atoms with E-state index < -0.39 is 34.0 Å². The van der Waals surface area contributed by atoms with Crippen LogP contribution in [0.5, 0.6) is 0 Å². The molecule has 4 nitrogen and oxygen atoms in total. The Morgan fingerprint density at radius 2 is 1.79 bits per heavy atom. The molecule has 2 unspecified atom stereocenters. The van der Waals surface area contributed by atoms with Gasteiger partial charge in [-0.25, -0.2) is 17.2 Å². The summed E-state index contributed by atoms with van der Waals surface area (Å²) in [4.78, 5) is 13.1. The fraction of sp³-hybridized carbons (Fsp3) is 0.667. The van der Waals surface area contributed by atoms with Crippen LogP contribution in [0.25, 0.3) is 0 Å². The SMILES string of the molecule is CS(=O)(=O)c1cccc(NC(=O)C2CC(F)(F)CCC2C2CCCCCC2)c1. The minimum Gasteiger partial charge on any atom is -0.326 e. The summed E-state index contributed by atoms with van der Waals surface area (Å²) in [6.45, 7) is 0. The van der Waals surface area contributed by atoms with Crippen molar-refractivity contribution in [3.63, 3.8) is 0 Å². The van der Waals surface area contributed by atoms with Crippen LogP contribution in [0.15, 0.2) is 29.2 Å². The van der Waals surface area contributed by atoms with Crippen LogP contribution in [0.2, 0.25) is 0 Å². The molecule has 2 fully saturated rings. The third-order valence-corrected chi connectivity index (χ3v) is 7.36. The maximum Gasteiger partial charge on any atom is 0.248 e. The van der Waals surface area contributed by atoms with Gasteiger partial charge in [0.15, 0.2) is 9.84 Å². The fourth-order valence-corrected chi connectivity index (χ4v) is 5.45. The van der Waals surface area contributed by atoms with Crippen molar-refractivity contribution < 1.29 is 22.0 Å². The number of rotatable bonds is 4. The van der Waals surface area contributed by atoms with E-state index >= 15 is 0 Å². The molecule has 1 N–H and O–H groups in total. The van der Waals surface area contributed by atoms with E-state index in [2.05, 4.69) is 5.32 Å². The summed E-state index contributed by atoms with van der Waals surface area (Å²) in [5.74, 6) is -3.70. The number of benzene rings is 1. The van der Waals surface area contributed by atoms with Crippen LogP contribution in [-0.4, -0.2) is 26.5 Å². The molecule has 0 saturated heterocycles. The normalized spacial score (nSPS) is 26.4. The van der Waals surface area contributed by atoms with Crippen LogP contribution in [0.4, 0.5) is 14.5 Å². The van der Waals surface area contributed by atoms with Crippen molar-refractivity contribution in [1.29, 1.82) is 0 Å². The van der Waals surface area contributed by atoms with Crippen molar-refractivity contribution in [1.82, 2.24) is 0 Å². The maximum absolute atomic E-state index is 14.1. The van der Waals surface area contributed by atoms with Crippen LogP contribution in [0.3, 0.4) is 0 Å². The van der Waals surface area contributed by atoms with Crippen LogP contribution >= 0.6 is 0 Å². The number of sulfone groups is 1. The first-order chi connectivity index (χ1) is 13.2. The zero-order valence-corrected chi connectivity index (χ0v) is 17.1. The first-order valence-electron chi connectivity index (χ1n) is 10.1. The van der Waals surface area contributed by atoms with Gasteiger partial charge in [0.1, 0.15) is 0 Å². The molecule has 2 saturated carbocycles. The number of carbonyl (C=O) groups excluding carboxylic acids is 1. The Hall–Kier alpha value is -1.50. The van der Waals surface area contributed by atoms with Crippen LogP contribution in [-0.2, 0) is 14.6 Å². The highest BCUT2D eigenvalue weighted by Gasteiger charge is 2.46. The van der Waals surface area contributed by atoms with Gasteiger partial charge in [-0.1, -0.05) is 44.6 Å². The van der Waals surface area contributed by atoms with E-state index in [0.717, 1.165) is 31.9 Å². The maximum atomic E-state index is 14.1. The molecule has 0 radical (unpaired) electrons. The Morgan fingerprint density at radius 1 is 1.11 bits per heavy atom. The van der Waals surface area contributed by atoms with Crippen molar-refractivity contribution in [2.24, 2.45) is 17.8 Å². The average Bonchev–Trinajstić information content (AvgIpc) is 2.90. The fourth-order valence-electron chi connectivity index (χ4n) is 4.78. The van der Waals surface area contributed by atoms with Crippen LogP contribution in [0.1, 0.15) is 57.8 Å². The molecule has 0 aromatic heterocycles. The largest absolute Gasteiger partial charge is 0.326 e. The second-order valence-electron chi connectivity index (χ2n) is 8.41. The summed E-state index contributed by atoms with van der Waals surface area (Å²) in [5, 5.41) is 2.71. The van der Waals surface area contributed by atoms with Crippen LogP contribution < -0.4 is 5.32 Å². The summed E-state index contributed by atoms with van der Waals surface area (Å²) in [6.07, 6.45) is 7.45. The Balaban J connectivity index is 1.79. The molecule has 2 atom stereocenters. The second-order valence-corrected chi connectivity index (χ2v) is 10.4. The third-order valence-electron chi connectivity index (χ3n) is 6.25. The van der Waals surface area contributed by atoms with Gasteiger partial charge in [0.25, 0.3) is 0 Å². The van der Waals surface area contributed by atoms with E-state index in [4.69, 9.17) is 0 Å². The molecular formula is C21H29F2NO3S. The van der Waals surface area contributed by atoms with E-state index in [1.54, 1.807) is 12.1 Å². The zero-order valence-electron chi connectivity index (χ0n) is 16.3. The number of carbonyl (C=O) groups is 1. The van der Waals surface area contributed by atoms with E-state index in [1.807, 2.05) is 0 Å². The van der Waals surface area contributed by atoms with Crippen molar-refractivity contribution >= 4 is 21.4 Å². The zero-order chi connectivity index (χ0) is 20.4. The molecule has 2 aliphatic rings. The molecule has 7 heteroatoms. The van der Waals surface area contributed by atoms with Gasteiger partial charge in [-0.05, 0) is 36.5 Å². The second kappa shape index (κ2) is 8.47. The number of anilines is 1. The van der Waals surface area contributed by atoms with Gasteiger partial charge in [0.2, 0.25) is 11.8 Å². The minimum absolute atomic E-state index is 0.0317. The number of hydrogen-bond donors (Lipinski definition) is 1. The Bertz CT molecular complexity index is 802. The lowest BCUT2D eigenvalue weighted by molar-refractivity contribution is -0.134. The number of halogens is 2. The monoisotopic (exact) mass is 413 g/mol. The van der Waals surface area contributed by atoms with Gasteiger partial charge in [-0.3, -0.25) is 4.79 Å². The number of nitrogens with one attached hydrogen (secondary N) is 1. The molecule has 3 rings (SSSR count). The molecule has 0 spiro atoms. The number of alkyl halides is 2. The van der Waals surface area contributed by atoms with Crippen LogP contribution in [0, 0.1) is 17.8 Å². The first-order valence-corrected chi connectivity index (χ1v) is 12.0. The molecule has 1 aromatic carbocycles. The average molecular weight is 414 g/mol. The topological polar surface area (TPSA) is 63.2 Å². The Morgan fingerprint density at radius 3 is 2.43 bits per heavy atom. The van der Waals surface area contributed by atoms with Gasteiger partial charge in [0.05, 0.1) is 4.90 Å². The summed E-state index contributed by atoms with van der Waals surface area (Å²) in [6, 6.07) is 5.97. The van der Waals surface area contributed by atoms with Crippen molar-refractivity contribution in [3.05, 3.63) is 24.3 Å². The number of hydrogen-bond acceptors (Lipinski definition) is 3. The molecule has 156 valence electrons. The first kappa shape index (κ1) is 21.2. The lowest BCUT2D eigenvalue weighted by atomic mass is 9.68. The number of amides is 1. The van der Waals surface area contributed by atoms with Crippen molar-refractivity contribution in [3.8, 4) is 0 Å². The molecule has 0 heterocycles. The Kier molecular flexibility index (Phi) is 6.42. The molecular weight excluding hydrogens is 384 g/mol. The lowest BCUT2D eigenvalue weighted by Crippen LogP contribution is -2.42. The third kappa shape index (κ3) is 5.31. The quantitative estimate of drug-likeness (QED) is 0.703. The van der Waals surface area contributed by atoms with Crippen molar-refractivity contribution in [2.45, 2.75) is 68.6 Å². The Labute approximate surface area is 166 Å². The molecule has 28 heavy (non-hydrogen) atoms. The van der Waals surface area contributed by atoms with Gasteiger partial charge >= 0.3 is 0 Å². The minimum atomic E-state index is -3.41. The molecule has 1 amide bonds. The summed E-state index contributed by atoms with van der Waals surface area (Å²) in [7, 11) is -3.41. The van der Waals surface area contributed by atoms with Gasteiger partial charge in [0, 0.05) is 30.7 Å². The van der Waals surface area contributed by atoms with E-state index in [0.29, 0.717) is 18.0 Å². The van der Waals surface area contributed by atoms with Gasteiger partial charge in [-0.15, -0.1) is 0 Å². The van der Waals surface area contributed by atoms with E-state index in [-0.39, 0.29) is 17.2 Å². The molecule has 0 aliphatic heterocycles. The van der Waals surface area contributed by atoms with E-state index in [1.165, 1.54) is 25.0 Å². The smallest absolute Gasteiger partial charge is 0.248 e. The molecule has 0 bridgehead atoms. The standard InChI is InChI=1S/C21H29F2NO3S/c1-28(26,27)17-10-6-9-16(13-17)24-20(25)19-14-21(22,23)12-11-18(19)15-7-4-2-3-5-8-15/h6,9-10,13,15,18-19H,2-5,7-8,11-12,14H2,1H3,(H,24,25). The highest BCUT2D eigenvalue weighted by Crippen LogP contribution is 2.46. The highest BCUT2D eigenvalue weighted by atomic mass is 32.2. The lowest BCUT2D eigenvalue weighted by Gasteiger charge is -2.39. The van der Waals surface area contributed by atoms with E-state index in [9.17, 15) is 22.0 Å². The highest BCUT2D eigenvalue weighted by molar-refractivity contribution is 7.90. The summed E-state index contributed by atoms with van der Waals surface area (Å²) < 4.78 is 51.7. The van der Waals surface area contributed by atoms with Gasteiger partial charge < -0.3 is 5.32 Å². The summed E-state index contributed by atoms with van der Waals surface area (Å²) in [5.41, 5.74) is 0.335. The molecule has 1 aromatic rings. The summed E-state index contributed by atoms with van der Waals surface area (Å²) >= 11 is 0. The predicted octanol–water partition coefficient (Wildman–Crippen LogP) is 5.05.